The molecule has 6 aromatic rings. The molecule has 0 saturated carbocycles. The Morgan fingerprint density at radius 3 is 1.32 bits per heavy atom. The molecule has 0 nitrogen and oxygen atoms in total. The molecule has 0 amide bonds. The summed E-state index contributed by atoms with van der Waals surface area (Å²) in [5.74, 6) is -0.421. The molecule has 2 aromatic heterocycles. The van der Waals surface area contributed by atoms with Crippen LogP contribution in [0.1, 0.15) is 0 Å². The standard InChI is InChI=1S/C30H14F2S2/c31-17-5-1-3-15(11-17)25-13-23-19-7-10-22-28-20(8-9-21(27(19)28)29(23)33-25)24-14-26(34-30(22)24)16-4-2-6-18(32)12-16/h1-14H. The van der Waals surface area contributed by atoms with Crippen LogP contribution in [0.25, 0.3) is 74.8 Å². The van der Waals surface area contributed by atoms with Crippen LogP contribution in [0.15, 0.2) is 84.9 Å². The molecule has 0 aliphatic heterocycles. The minimum absolute atomic E-state index is 0.211. The summed E-state index contributed by atoms with van der Waals surface area (Å²) in [6.07, 6.45) is 0. The average Bonchev–Trinajstić information content (AvgIpc) is 3.58. The van der Waals surface area contributed by atoms with Crippen LogP contribution in [-0.2, 0) is 0 Å². The maximum absolute atomic E-state index is 13.8. The zero-order valence-corrected chi connectivity index (χ0v) is 19.3. The van der Waals surface area contributed by atoms with Gasteiger partial charge in [0.2, 0.25) is 0 Å². The lowest BCUT2D eigenvalue weighted by atomic mass is 9.97. The Balaban J connectivity index is 1.31. The van der Waals surface area contributed by atoms with Crippen LogP contribution in [0.4, 0.5) is 8.78 Å². The van der Waals surface area contributed by atoms with Gasteiger partial charge in [-0.3, -0.25) is 0 Å². The Bertz CT molecular complexity index is 1620. The van der Waals surface area contributed by atoms with E-state index >= 15 is 0 Å². The molecule has 0 atom stereocenters. The first-order valence-electron chi connectivity index (χ1n) is 11.1. The lowest BCUT2D eigenvalue weighted by molar-refractivity contribution is 0.628. The van der Waals surface area contributed by atoms with Crippen molar-refractivity contribution in [1.82, 2.24) is 0 Å². The number of rotatable bonds is 2. The van der Waals surface area contributed by atoms with Gasteiger partial charge >= 0.3 is 0 Å². The molecule has 0 N–H and O–H groups in total. The maximum Gasteiger partial charge on any atom is 0.123 e. The second-order valence-electron chi connectivity index (χ2n) is 8.80. The van der Waals surface area contributed by atoms with E-state index in [1.165, 1.54) is 66.0 Å². The molecule has 0 radical (unpaired) electrons. The predicted octanol–water partition coefficient (Wildman–Crippen LogP) is 9.87. The van der Waals surface area contributed by atoms with E-state index in [9.17, 15) is 8.78 Å². The molecule has 0 unspecified atom stereocenters. The van der Waals surface area contributed by atoms with E-state index in [1.54, 1.807) is 46.9 Å². The lowest BCUT2D eigenvalue weighted by Crippen LogP contribution is -1.81. The van der Waals surface area contributed by atoms with Gasteiger partial charge in [-0.1, -0.05) is 48.5 Å². The molecule has 8 rings (SSSR count). The van der Waals surface area contributed by atoms with E-state index in [0.29, 0.717) is 0 Å². The first-order chi connectivity index (χ1) is 16.7. The number of hydrogen-bond donors (Lipinski definition) is 0. The SMILES string of the molecule is Fc1cccc(-c2cc3c(s2)-c2ccc4c5c(ccc-3c25)-c2sc(-c3cccc(F)c3)cc2-4)c1. The second kappa shape index (κ2) is 6.50. The van der Waals surface area contributed by atoms with Crippen molar-refractivity contribution in [1.29, 1.82) is 0 Å². The Morgan fingerprint density at radius 2 is 0.882 bits per heavy atom. The fraction of sp³-hybridized carbons (Fsp3) is 0. The highest BCUT2D eigenvalue weighted by Gasteiger charge is 2.32. The summed E-state index contributed by atoms with van der Waals surface area (Å²) in [6, 6.07) is 27.0. The summed E-state index contributed by atoms with van der Waals surface area (Å²) in [5.41, 5.74) is 9.34. The number of hydrogen-bond acceptors (Lipinski definition) is 2. The molecule has 0 saturated heterocycles. The van der Waals surface area contributed by atoms with Gasteiger partial charge in [0.1, 0.15) is 11.6 Å². The van der Waals surface area contributed by atoms with E-state index in [0.717, 1.165) is 20.9 Å². The fourth-order valence-corrected chi connectivity index (χ4v) is 7.87. The Kier molecular flexibility index (Phi) is 3.59. The largest absolute Gasteiger partial charge is 0.207 e. The lowest BCUT2D eigenvalue weighted by Gasteiger charge is -2.07. The summed E-state index contributed by atoms with van der Waals surface area (Å²) in [7, 11) is 0. The van der Waals surface area contributed by atoms with Gasteiger partial charge in [-0.05, 0) is 69.4 Å². The minimum Gasteiger partial charge on any atom is -0.207 e. The molecular formula is C30H14F2S2. The molecule has 2 heterocycles. The Hall–Kier alpha value is -3.60. The van der Waals surface area contributed by atoms with Crippen LogP contribution >= 0.6 is 22.7 Å². The van der Waals surface area contributed by atoms with E-state index in [1.807, 2.05) is 12.1 Å². The van der Waals surface area contributed by atoms with Crippen LogP contribution in [0, 0.1) is 11.6 Å². The molecule has 160 valence electrons. The third-order valence-corrected chi connectivity index (χ3v) is 9.35. The van der Waals surface area contributed by atoms with Gasteiger partial charge in [-0.25, -0.2) is 8.78 Å². The molecule has 34 heavy (non-hydrogen) atoms. The number of halogens is 2. The van der Waals surface area contributed by atoms with Crippen LogP contribution < -0.4 is 0 Å². The molecule has 2 aliphatic rings. The van der Waals surface area contributed by atoms with Crippen molar-refractivity contribution >= 4 is 33.4 Å². The molecule has 4 heteroatoms. The van der Waals surface area contributed by atoms with Crippen molar-refractivity contribution in [3.8, 4) is 64.0 Å². The van der Waals surface area contributed by atoms with Crippen molar-refractivity contribution in [2.24, 2.45) is 0 Å². The van der Waals surface area contributed by atoms with Crippen molar-refractivity contribution in [3.05, 3.63) is 96.6 Å². The monoisotopic (exact) mass is 476 g/mol. The maximum atomic E-state index is 13.8. The smallest absolute Gasteiger partial charge is 0.123 e. The van der Waals surface area contributed by atoms with E-state index < -0.39 is 0 Å². The molecule has 0 spiro atoms. The van der Waals surface area contributed by atoms with Crippen molar-refractivity contribution in [3.63, 3.8) is 0 Å². The van der Waals surface area contributed by atoms with Gasteiger partial charge in [-0.15, -0.1) is 22.7 Å². The van der Waals surface area contributed by atoms with E-state index in [2.05, 4.69) is 36.4 Å². The van der Waals surface area contributed by atoms with Gasteiger partial charge in [-0.2, -0.15) is 0 Å². The highest BCUT2D eigenvalue weighted by Crippen LogP contribution is 2.60. The van der Waals surface area contributed by atoms with E-state index in [4.69, 9.17) is 0 Å². The van der Waals surface area contributed by atoms with Crippen molar-refractivity contribution in [2.45, 2.75) is 0 Å². The fourth-order valence-electron chi connectivity index (χ4n) is 5.47. The van der Waals surface area contributed by atoms with Crippen LogP contribution in [0.5, 0.6) is 0 Å². The average molecular weight is 477 g/mol. The third kappa shape index (κ3) is 2.39. The highest BCUT2D eigenvalue weighted by atomic mass is 32.1. The number of thiophene rings is 2. The van der Waals surface area contributed by atoms with Crippen LogP contribution in [-0.4, -0.2) is 0 Å². The van der Waals surface area contributed by atoms with Crippen LogP contribution in [0.3, 0.4) is 0 Å². The minimum atomic E-state index is -0.211. The second-order valence-corrected chi connectivity index (χ2v) is 10.9. The zero-order valence-electron chi connectivity index (χ0n) is 17.7. The normalized spacial score (nSPS) is 12.4. The van der Waals surface area contributed by atoms with Gasteiger partial charge in [0.15, 0.2) is 0 Å². The van der Waals surface area contributed by atoms with Crippen LogP contribution in [0.2, 0.25) is 0 Å². The first-order valence-corrected chi connectivity index (χ1v) is 12.7. The van der Waals surface area contributed by atoms with Gasteiger partial charge < -0.3 is 0 Å². The number of fused-ring (bicyclic) bond motifs is 6. The highest BCUT2D eigenvalue weighted by molar-refractivity contribution is 7.20. The van der Waals surface area contributed by atoms with Crippen molar-refractivity contribution < 1.29 is 8.78 Å². The van der Waals surface area contributed by atoms with Gasteiger partial charge in [0.05, 0.1) is 0 Å². The van der Waals surface area contributed by atoms with E-state index in [-0.39, 0.29) is 11.6 Å². The molecule has 4 aromatic carbocycles. The summed E-state index contributed by atoms with van der Waals surface area (Å²) < 4.78 is 27.6. The van der Waals surface area contributed by atoms with Crippen molar-refractivity contribution in [2.75, 3.05) is 0 Å². The molecular weight excluding hydrogens is 462 g/mol. The summed E-state index contributed by atoms with van der Waals surface area (Å²) in [4.78, 5) is 4.69. The first kappa shape index (κ1) is 18.8. The molecule has 0 fully saturated rings. The summed E-state index contributed by atoms with van der Waals surface area (Å²) in [5, 5.41) is 2.63. The number of benzene rings is 4. The Labute approximate surface area is 202 Å². The van der Waals surface area contributed by atoms with Gasteiger partial charge in [0.25, 0.3) is 0 Å². The molecule has 0 bridgehead atoms. The summed E-state index contributed by atoms with van der Waals surface area (Å²) in [6.45, 7) is 0. The predicted molar refractivity (Wildman–Crippen MR) is 139 cm³/mol. The Morgan fingerprint density at radius 1 is 0.441 bits per heavy atom. The summed E-state index contributed by atoms with van der Waals surface area (Å²) >= 11 is 3.47. The topological polar surface area (TPSA) is 0 Å². The zero-order chi connectivity index (χ0) is 22.6. The quantitative estimate of drug-likeness (QED) is 0.233. The molecule has 2 aliphatic carbocycles. The van der Waals surface area contributed by atoms with Gasteiger partial charge in [0, 0.05) is 41.8 Å². The third-order valence-electron chi connectivity index (χ3n) is 6.91.